The van der Waals surface area contributed by atoms with E-state index in [1.165, 1.54) is 6.07 Å². The second-order valence-corrected chi connectivity index (χ2v) is 5.64. The Bertz CT molecular complexity index is 1350. The van der Waals surface area contributed by atoms with Gasteiger partial charge >= 0.3 is 0 Å². The zero-order valence-corrected chi connectivity index (χ0v) is 14.5. The van der Waals surface area contributed by atoms with Crippen molar-refractivity contribution in [3.8, 4) is 24.3 Å². The molecule has 4 aromatic rings. The number of hydrogen-bond acceptors (Lipinski definition) is 9. The molecule has 0 fully saturated rings. The lowest BCUT2D eigenvalue weighted by atomic mass is 10.1. The summed E-state index contributed by atoms with van der Waals surface area (Å²) in [5.74, 6) is -0.534. The van der Waals surface area contributed by atoms with Gasteiger partial charge in [-0.2, -0.15) is 21.0 Å². The number of pyridine rings is 1. The van der Waals surface area contributed by atoms with E-state index in [0.717, 1.165) is 0 Å². The van der Waals surface area contributed by atoms with Gasteiger partial charge in [-0.3, -0.25) is 0 Å². The highest BCUT2D eigenvalue weighted by Gasteiger charge is 2.25. The van der Waals surface area contributed by atoms with Crippen molar-refractivity contribution in [3.63, 3.8) is 0 Å². The Morgan fingerprint density at radius 3 is 1.53 bits per heavy atom. The molecular weight excluding hydrogens is 382 g/mol. The van der Waals surface area contributed by atoms with Gasteiger partial charge in [0.15, 0.2) is 17.1 Å². The summed E-state index contributed by atoms with van der Waals surface area (Å²) in [5, 5.41) is 37.5. The van der Waals surface area contributed by atoms with Crippen molar-refractivity contribution in [2.75, 3.05) is 0 Å². The fourth-order valence-corrected chi connectivity index (χ4v) is 2.89. The molecule has 11 heteroatoms. The van der Waals surface area contributed by atoms with E-state index in [4.69, 9.17) is 13.1 Å². The number of fused-ring (bicyclic) bond motifs is 6. The topological polar surface area (TPSA) is 168 Å². The minimum absolute atomic E-state index is 0.0306. The van der Waals surface area contributed by atoms with Crippen LogP contribution in [0.5, 0.6) is 0 Å². The van der Waals surface area contributed by atoms with Crippen LogP contribution in [0.25, 0.3) is 42.7 Å². The lowest BCUT2D eigenvalue weighted by Crippen LogP contribution is -2.01. The van der Waals surface area contributed by atoms with Gasteiger partial charge in [0.2, 0.25) is 11.0 Å². The summed E-state index contributed by atoms with van der Waals surface area (Å²) < 4.78 is 0. The molecule has 0 saturated heterocycles. The Morgan fingerprint density at radius 2 is 1.03 bits per heavy atom. The minimum atomic E-state index is -0.273. The van der Waals surface area contributed by atoms with Crippen LogP contribution in [0.1, 0.15) is 22.6 Å². The molecule has 0 N–H and O–H groups in total. The maximum absolute atomic E-state index is 9.36. The van der Waals surface area contributed by atoms with Gasteiger partial charge in [0, 0.05) is 0 Å². The van der Waals surface area contributed by atoms with Crippen molar-refractivity contribution in [3.05, 3.63) is 51.5 Å². The quantitative estimate of drug-likeness (QED) is 0.327. The maximum Gasteiger partial charge on any atom is 0.294 e. The van der Waals surface area contributed by atoms with E-state index < -0.39 is 0 Å². The molecule has 3 aromatic heterocycles. The molecule has 0 aliphatic rings. The van der Waals surface area contributed by atoms with Crippen molar-refractivity contribution in [2.45, 2.75) is 0 Å². The molecule has 0 spiro atoms. The van der Waals surface area contributed by atoms with Gasteiger partial charge in [-0.05, 0) is 6.07 Å². The number of hydrogen-bond donors (Lipinski definition) is 0. The lowest BCUT2D eigenvalue weighted by Gasteiger charge is -2.06. The minimum Gasteiger partial charge on any atom is -0.370 e. The molecule has 3 heterocycles. The van der Waals surface area contributed by atoms with Gasteiger partial charge in [-0.1, -0.05) is 13.1 Å². The number of benzene rings is 1. The van der Waals surface area contributed by atoms with E-state index in [9.17, 15) is 21.0 Å². The zero-order chi connectivity index (χ0) is 21.4. The number of rotatable bonds is 0. The van der Waals surface area contributed by atoms with Crippen LogP contribution in [0.3, 0.4) is 0 Å². The second kappa shape index (κ2) is 6.45. The first-order chi connectivity index (χ1) is 14.6. The van der Waals surface area contributed by atoms with E-state index in [0.29, 0.717) is 0 Å². The summed E-state index contributed by atoms with van der Waals surface area (Å²) >= 11 is 0. The third-order valence-electron chi connectivity index (χ3n) is 4.13. The third kappa shape index (κ3) is 2.29. The molecule has 0 radical (unpaired) electrons. The smallest absolute Gasteiger partial charge is 0.294 e. The SMILES string of the molecule is [C-]#[N+]c1nc2c3cc(C#N)c(C#N)nc3c3nc(C#N)c(C#N)nc3c2nc1[N+]#[C-]. The molecular formula is C19HN11. The van der Waals surface area contributed by atoms with Gasteiger partial charge < -0.3 is 9.69 Å². The van der Waals surface area contributed by atoms with Crippen LogP contribution in [-0.4, -0.2) is 24.9 Å². The van der Waals surface area contributed by atoms with Gasteiger partial charge in [-0.25, -0.2) is 15.0 Å². The number of aromatic nitrogens is 5. The van der Waals surface area contributed by atoms with Gasteiger partial charge in [0.05, 0.1) is 10.9 Å². The van der Waals surface area contributed by atoms with E-state index in [2.05, 4.69) is 34.6 Å². The van der Waals surface area contributed by atoms with E-state index in [1.54, 1.807) is 12.1 Å². The second-order valence-electron chi connectivity index (χ2n) is 5.64. The van der Waals surface area contributed by atoms with Gasteiger partial charge in [0.25, 0.3) is 11.6 Å². The summed E-state index contributed by atoms with van der Waals surface area (Å²) in [6, 6.07) is 8.60. The molecule has 1 aromatic carbocycles. The Hall–Kier alpha value is -5.75. The maximum atomic E-state index is 9.36. The molecule has 0 saturated carbocycles. The van der Waals surface area contributed by atoms with Crippen molar-refractivity contribution < 1.29 is 0 Å². The number of nitrogens with zero attached hydrogens (tertiary/aromatic N) is 11. The highest BCUT2D eigenvalue weighted by atomic mass is 15.0. The van der Waals surface area contributed by atoms with Crippen LogP contribution >= 0.6 is 0 Å². The summed E-state index contributed by atoms with van der Waals surface area (Å²) in [4.78, 5) is 27.3. The highest BCUT2D eigenvalue weighted by Crippen LogP contribution is 2.35. The fourth-order valence-electron chi connectivity index (χ4n) is 2.89. The summed E-state index contributed by atoms with van der Waals surface area (Å²) in [5.41, 5.74) is -0.390. The third-order valence-corrected chi connectivity index (χ3v) is 4.13. The van der Waals surface area contributed by atoms with Crippen LogP contribution in [-0.2, 0) is 0 Å². The van der Waals surface area contributed by atoms with Crippen LogP contribution in [0, 0.1) is 58.5 Å². The normalized spacial score (nSPS) is 9.80. The monoisotopic (exact) mass is 383 g/mol. The molecule has 4 rings (SSSR count). The molecule has 0 atom stereocenters. The van der Waals surface area contributed by atoms with Crippen LogP contribution < -0.4 is 0 Å². The Kier molecular flexibility index (Phi) is 3.79. The first-order valence-electron chi connectivity index (χ1n) is 7.85. The molecule has 132 valence electrons. The first-order valence-corrected chi connectivity index (χ1v) is 7.85. The van der Waals surface area contributed by atoms with Crippen molar-refractivity contribution in [2.24, 2.45) is 0 Å². The van der Waals surface area contributed by atoms with Crippen LogP contribution in [0.4, 0.5) is 11.6 Å². The van der Waals surface area contributed by atoms with Gasteiger partial charge in [0.1, 0.15) is 40.8 Å². The molecule has 0 bridgehead atoms. The largest absolute Gasteiger partial charge is 0.370 e. The predicted octanol–water partition coefficient (Wildman–Crippen LogP) is 2.71. The molecule has 11 nitrogen and oxygen atoms in total. The highest BCUT2D eigenvalue weighted by molar-refractivity contribution is 6.20. The molecule has 0 amide bonds. The summed E-state index contributed by atoms with van der Waals surface area (Å²) in [7, 11) is 0. The zero-order valence-electron chi connectivity index (χ0n) is 14.5. The van der Waals surface area contributed by atoms with Crippen LogP contribution in [0.15, 0.2) is 6.07 Å². The molecule has 0 aliphatic carbocycles. The molecule has 0 unspecified atom stereocenters. The average Bonchev–Trinajstić information content (AvgIpc) is 2.81. The standard InChI is InChI=1S/C19HN11/c1-24-18-19(25-2)30-16-14(29-18)9-3-8(4-20)10(5-21)26-13(9)15-17(16)28-12(7-23)11(6-22)27-15/h3H. The Labute approximate surface area is 167 Å². The van der Waals surface area contributed by atoms with Crippen molar-refractivity contribution in [1.82, 2.24) is 24.9 Å². The molecule has 0 aliphatic heterocycles. The fraction of sp³-hybridized carbons (Fsp3) is 0. The summed E-state index contributed by atoms with van der Waals surface area (Å²) in [6.07, 6.45) is 0. The number of nitriles is 4. The van der Waals surface area contributed by atoms with E-state index in [1.807, 2.05) is 12.1 Å². The van der Waals surface area contributed by atoms with Crippen LogP contribution in [0.2, 0.25) is 0 Å². The van der Waals surface area contributed by atoms with E-state index >= 15 is 0 Å². The predicted molar refractivity (Wildman–Crippen MR) is 99.3 cm³/mol. The molecule has 30 heavy (non-hydrogen) atoms. The van der Waals surface area contributed by atoms with Gasteiger partial charge in [-0.15, -0.1) is 9.97 Å². The van der Waals surface area contributed by atoms with Crippen molar-refractivity contribution >= 4 is 44.6 Å². The van der Waals surface area contributed by atoms with E-state index in [-0.39, 0.29) is 67.3 Å². The average molecular weight is 383 g/mol. The first kappa shape index (κ1) is 17.7. The summed E-state index contributed by atoms with van der Waals surface area (Å²) in [6.45, 7) is 14.5. The Balaban J connectivity index is 2.42. The van der Waals surface area contributed by atoms with Crippen molar-refractivity contribution in [1.29, 1.82) is 21.0 Å². The Morgan fingerprint density at radius 1 is 0.600 bits per heavy atom. The lowest BCUT2D eigenvalue weighted by molar-refractivity contribution is 1.19.